The zero-order chi connectivity index (χ0) is 17.8. The van der Waals surface area contributed by atoms with Crippen molar-refractivity contribution >= 4 is 29.9 Å². The number of benzene rings is 1. The van der Waals surface area contributed by atoms with E-state index in [2.05, 4.69) is 20.3 Å². The van der Waals surface area contributed by atoms with E-state index < -0.39 is 0 Å². The van der Waals surface area contributed by atoms with Crippen molar-refractivity contribution in [3.8, 4) is 6.07 Å². The van der Waals surface area contributed by atoms with Gasteiger partial charge in [0.1, 0.15) is 5.82 Å². The van der Waals surface area contributed by atoms with E-state index in [1.807, 2.05) is 30.2 Å². The van der Waals surface area contributed by atoms with Gasteiger partial charge in [-0.15, -0.1) is 24.0 Å². The maximum atomic E-state index is 13.9. The maximum Gasteiger partial charge on any atom is 0.193 e. The molecule has 0 amide bonds. The number of aromatic nitrogens is 2. The molecule has 2 aromatic rings. The summed E-state index contributed by atoms with van der Waals surface area (Å²) >= 11 is 0. The van der Waals surface area contributed by atoms with Gasteiger partial charge in [0.05, 0.1) is 17.8 Å². The average molecular weight is 468 g/mol. The minimum absolute atomic E-state index is 0. The van der Waals surface area contributed by atoms with Gasteiger partial charge in [-0.2, -0.15) is 10.4 Å². The van der Waals surface area contributed by atoms with Crippen LogP contribution in [0, 0.1) is 17.1 Å². The van der Waals surface area contributed by atoms with Crippen molar-refractivity contribution in [3.63, 3.8) is 0 Å². The van der Waals surface area contributed by atoms with E-state index >= 15 is 0 Å². The number of halogens is 2. The first kappa shape index (κ1) is 20.2. The SMILES string of the molecule is CN=C(NCc1cc(C#N)ccc1F)N1CCC(c2cnn(C)c2)C1.I. The number of nitriles is 1. The lowest BCUT2D eigenvalue weighted by Crippen LogP contribution is -2.39. The fraction of sp³-hybridized carbons (Fsp3) is 0.389. The summed E-state index contributed by atoms with van der Waals surface area (Å²) in [5.74, 6) is 0.843. The lowest BCUT2D eigenvalue weighted by Gasteiger charge is -2.21. The van der Waals surface area contributed by atoms with Gasteiger partial charge in [-0.1, -0.05) is 0 Å². The van der Waals surface area contributed by atoms with Gasteiger partial charge in [-0.05, 0) is 30.2 Å². The standard InChI is InChI=1S/C18H21FN6.HI/c1-21-18(22-9-15-7-13(8-20)3-4-17(15)19)25-6-5-14(12-25)16-10-23-24(2)11-16;/h3-4,7,10-11,14H,5-6,9,12H2,1-2H3,(H,21,22);1H. The molecule has 1 aliphatic rings. The van der Waals surface area contributed by atoms with Gasteiger partial charge >= 0.3 is 0 Å². The van der Waals surface area contributed by atoms with E-state index in [9.17, 15) is 4.39 Å². The molecule has 6 nitrogen and oxygen atoms in total. The number of nitrogens with zero attached hydrogens (tertiary/aromatic N) is 5. The van der Waals surface area contributed by atoms with E-state index in [0.29, 0.717) is 23.6 Å². The first-order valence-corrected chi connectivity index (χ1v) is 8.23. The normalized spacial score (nSPS) is 16.9. The lowest BCUT2D eigenvalue weighted by molar-refractivity contribution is 0.484. The molecule has 1 aromatic carbocycles. The highest BCUT2D eigenvalue weighted by molar-refractivity contribution is 14.0. The number of likely N-dealkylation sites (tertiary alicyclic amines) is 1. The molecule has 0 aliphatic carbocycles. The van der Waals surface area contributed by atoms with E-state index in [0.717, 1.165) is 25.5 Å². The Kier molecular flexibility index (Phi) is 6.97. The van der Waals surface area contributed by atoms with Crippen molar-refractivity contribution in [2.75, 3.05) is 20.1 Å². The molecule has 0 bridgehead atoms. The molecule has 1 saturated heterocycles. The van der Waals surface area contributed by atoms with Crippen molar-refractivity contribution in [3.05, 3.63) is 53.1 Å². The third-order valence-electron chi connectivity index (χ3n) is 4.51. The number of hydrogen-bond acceptors (Lipinski definition) is 3. The Balaban J connectivity index is 0.00000243. The highest BCUT2D eigenvalue weighted by Crippen LogP contribution is 2.26. The molecule has 0 radical (unpaired) electrons. The van der Waals surface area contributed by atoms with Crippen molar-refractivity contribution < 1.29 is 4.39 Å². The van der Waals surface area contributed by atoms with Crippen molar-refractivity contribution in [2.24, 2.45) is 12.0 Å². The molecule has 0 spiro atoms. The van der Waals surface area contributed by atoms with Gasteiger partial charge in [0.2, 0.25) is 0 Å². The van der Waals surface area contributed by atoms with Crippen LogP contribution in [0.15, 0.2) is 35.6 Å². The summed E-state index contributed by atoms with van der Waals surface area (Å²) in [7, 11) is 3.64. The summed E-state index contributed by atoms with van der Waals surface area (Å²) in [6, 6.07) is 6.41. The first-order valence-electron chi connectivity index (χ1n) is 8.23. The van der Waals surface area contributed by atoms with Gasteiger partial charge in [0.15, 0.2) is 5.96 Å². The van der Waals surface area contributed by atoms with Gasteiger partial charge in [0.25, 0.3) is 0 Å². The quantitative estimate of drug-likeness (QED) is 0.427. The van der Waals surface area contributed by atoms with E-state index in [4.69, 9.17) is 5.26 Å². The van der Waals surface area contributed by atoms with Crippen LogP contribution < -0.4 is 5.32 Å². The number of aryl methyl sites for hydroxylation is 1. The predicted molar refractivity (Wildman–Crippen MR) is 109 cm³/mol. The minimum Gasteiger partial charge on any atom is -0.352 e. The summed E-state index contributed by atoms with van der Waals surface area (Å²) in [6.45, 7) is 2.04. The summed E-state index contributed by atoms with van der Waals surface area (Å²) in [6.07, 6.45) is 4.99. The summed E-state index contributed by atoms with van der Waals surface area (Å²) in [4.78, 5) is 6.48. The molecule has 1 aliphatic heterocycles. The van der Waals surface area contributed by atoms with Crippen LogP contribution in [0.4, 0.5) is 4.39 Å². The highest BCUT2D eigenvalue weighted by atomic mass is 127. The zero-order valence-electron chi connectivity index (χ0n) is 14.8. The molecule has 8 heteroatoms. The van der Waals surface area contributed by atoms with E-state index in [1.54, 1.807) is 13.1 Å². The Morgan fingerprint density at radius 3 is 2.96 bits per heavy atom. The minimum atomic E-state index is -0.323. The van der Waals surface area contributed by atoms with Crippen LogP contribution in [0.3, 0.4) is 0 Å². The van der Waals surface area contributed by atoms with Gasteiger partial charge < -0.3 is 10.2 Å². The molecule has 2 heterocycles. The summed E-state index contributed by atoms with van der Waals surface area (Å²) in [5, 5.41) is 16.4. The van der Waals surface area contributed by atoms with E-state index in [-0.39, 0.29) is 29.8 Å². The van der Waals surface area contributed by atoms with Crippen LogP contribution >= 0.6 is 24.0 Å². The molecule has 1 N–H and O–H groups in total. The molecule has 0 saturated carbocycles. The molecule has 138 valence electrons. The molecular weight excluding hydrogens is 446 g/mol. The van der Waals surface area contributed by atoms with Crippen LogP contribution in [-0.4, -0.2) is 40.8 Å². The lowest BCUT2D eigenvalue weighted by atomic mass is 10.0. The zero-order valence-corrected chi connectivity index (χ0v) is 17.1. The topological polar surface area (TPSA) is 69.2 Å². The highest BCUT2D eigenvalue weighted by Gasteiger charge is 2.26. The fourth-order valence-corrected chi connectivity index (χ4v) is 3.16. The predicted octanol–water partition coefficient (Wildman–Crippen LogP) is 2.61. The monoisotopic (exact) mass is 468 g/mol. The summed E-state index contributed by atoms with van der Waals surface area (Å²) in [5.41, 5.74) is 2.14. The second-order valence-electron chi connectivity index (χ2n) is 6.20. The number of nitrogens with one attached hydrogen (secondary N) is 1. The first-order chi connectivity index (χ1) is 12.1. The van der Waals surface area contributed by atoms with Crippen LogP contribution in [-0.2, 0) is 13.6 Å². The Hall–Kier alpha value is -2.15. The molecular formula is C18H22FIN6. The Labute approximate surface area is 169 Å². The molecule has 1 fully saturated rings. The molecule has 1 aromatic heterocycles. The van der Waals surface area contributed by atoms with Crippen LogP contribution in [0.5, 0.6) is 0 Å². The number of rotatable bonds is 3. The summed E-state index contributed by atoms with van der Waals surface area (Å²) < 4.78 is 15.7. The number of hydrogen-bond donors (Lipinski definition) is 1. The Morgan fingerprint density at radius 2 is 2.31 bits per heavy atom. The van der Waals surface area contributed by atoms with Gasteiger partial charge in [0, 0.05) is 51.4 Å². The maximum absolute atomic E-state index is 13.9. The van der Waals surface area contributed by atoms with Crippen LogP contribution in [0.2, 0.25) is 0 Å². The molecule has 26 heavy (non-hydrogen) atoms. The fourth-order valence-electron chi connectivity index (χ4n) is 3.16. The van der Waals surface area contributed by atoms with Crippen LogP contribution in [0.1, 0.15) is 29.0 Å². The van der Waals surface area contributed by atoms with Crippen molar-refractivity contribution in [1.82, 2.24) is 20.0 Å². The third kappa shape index (κ3) is 4.52. The number of aliphatic imine (C=N–C) groups is 1. The number of guanidine groups is 1. The van der Waals surface area contributed by atoms with Crippen molar-refractivity contribution in [2.45, 2.75) is 18.9 Å². The van der Waals surface area contributed by atoms with Crippen molar-refractivity contribution in [1.29, 1.82) is 5.26 Å². The Morgan fingerprint density at radius 1 is 1.50 bits per heavy atom. The molecule has 3 rings (SSSR count). The van der Waals surface area contributed by atoms with E-state index in [1.165, 1.54) is 17.7 Å². The molecule has 1 unspecified atom stereocenters. The Bertz CT molecular complexity index is 825. The second kappa shape index (κ2) is 8.98. The molecule has 1 atom stereocenters. The van der Waals surface area contributed by atoms with Gasteiger partial charge in [-0.3, -0.25) is 9.67 Å². The average Bonchev–Trinajstić information content (AvgIpc) is 3.26. The van der Waals surface area contributed by atoms with Gasteiger partial charge in [-0.25, -0.2) is 4.39 Å². The second-order valence-corrected chi connectivity index (χ2v) is 6.20. The van der Waals surface area contributed by atoms with Crippen LogP contribution in [0.25, 0.3) is 0 Å². The largest absolute Gasteiger partial charge is 0.352 e. The third-order valence-corrected chi connectivity index (χ3v) is 4.51. The smallest absolute Gasteiger partial charge is 0.193 e.